The van der Waals surface area contributed by atoms with E-state index in [1.165, 1.54) is 24.3 Å². The van der Waals surface area contributed by atoms with Crippen molar-refractivity contribution < 1.29 is 29.7 Å². The highest BCUT2D eigenvalue weighted by Gasteiger charge is 2.21. The smallest absolute Gasteiger partial charge is 0.336 e. The van der Waals surface area contributed by atoms with Crippen LogP contribution in [0.3, 0.4) is 0 Å². The minimum absolute atomic E-state index is 0.00296. The standard InChI is InChI=1S/C25H16O6/c26-23(27)19-10-15-6-2-1-5-14(15)9-18(19)13-22(25(30)31)20-11-16-7-3-4-8-17(16)12-21(20)24(28)29/h1-13H,(H,26,27)(H,28,29)(H,30,31). The summed E-state index contributed by atoms with van der Waals surface area (Å²) in [7, 11) is 0. The summed E-state index contributed by atoms with van der Waals surface area (Å²) in [5, 5.41) is 32.0. The largest absolute Gasteiger partial charge is 0.478 e. The summed E-state index contributed by atoms with van der Waals surface area (Å²) < 4.78 is 0. The van der Waals surface area contributed by atoms with Crippen molar-refractivity contribution in [2.24, 2.45) is 0 Å². The molecule has 0 radical (unpaired) electrons. The van der Waals surface area contributed by atoms with Crippen molar-refractivity contribution in [1.29, 1.82) is 0 Å². The summed E-state index contributed by atoms with van der Waals surface area (Å²) in [5.74, 6) is -3.84. The predicted octanol–water partition coefficient (Wildman–Crippen LogP) is 5.01. The highest BCUT2D eigenvalue weighted by atomic mass is 16.4. The number of benzene rings is 4. The number of carboxylic acid groups (broad SMARTS) is 3. The molecule has 0 heterocycles. The molecule has 0 aliphatic rings. The molecule has 3 N–H and O–H groups in total. The van der Waals surface area contributed by atoms with Crippen molar-refractivity contribution in [2.45, 2.75) is 0 Å². The molecule has 0 fully saturated rings. The maximum atomic E-state index is 12.2. The number of carbonyl (C=O) groups is 3. The Morgan fingerprint density at radius 2 is 1.00 bits per heavy atom. The van der Waals surface area contributed by atoms with Crippen LogP contribution in [0.1, 0.15) is 31.8 Å². The fraction of sp³-hybridized carbons (Fsp3) is 0. The van der Waals surface area contributed by atoms with Crippen LogP contribution in [0.15, 0.2) is 72.8 Å². The lowest BCUT2D eigenvalue weighted by molar-refractivity contribution is -0.130. The van der Waals surface area contributed by atoms with Crippen LogP contribution < -0.4 is 0 Å². The molecule has 152 valence electrons. The maximum Gasteiger partial charge on any atom is 0.336 e. The van der Waals surface area contributed by atoms with E-state index in [0.29, 0.717) is 16.2 Å². The Hall–Kier alpha value is -4.45. The summed E-state index contributed by atoms with van der Waals surface area (Å²) in [4.78, 5) is 35.9. The average molecular weight is 412 g/mol. The van der Waals surface area contributed by atoms with Gasteiger partial charge in [-0.25, -0.2) is 14.4 Å². The first-order valence-electron chi connectivity index (χ1n) is 9.32. The van der Waals surface area contributed by atoms with Crippen LogP contribution in [-0.2, 0) is 4.79 Å². The number of rotatable bonds is 5. The lowest BCUT2D eigenvalue weighted by atomic mass is 9.92. The predicted molar refractivity (Wildman–Crippen MR) is 117 cm³/mol. The van der Waals surface area contributed by atoms with Gasteiger partial charge in [-0.2, -0.15) is 0 Å². The van der Waals surface area contributed by atoms with Crippen molar-refractivity contribution in [3.05, 3.63) is 95.1 Å². The van der Waals surface area contributed by atoms with Crippen LogP contribution in [0.2, 0.25) is 0 Å². The van der Waals surface area contributed by atoms with E-state index in [-0.39, 0.29) is 27.8 Å². The Morgan fingerprint density at radius 1 is 0.581 bits per heavy atom. The Labute approximate surface area is 176 Å². The molecular weight excluding hydrogens is 396 g/mol. The summed E-state index contributed by atoms with van der Waals surface area (Å²) in [6, 6.07) is 20.1. The normalized spacial score (nSPS) is 11.5. The zero-order valence-corrected chi connectivity index (χ0v) is 16.1. The van der Waals surface area contributed by atoms with E-state index in [2.05, 4.69) is 0 Å². The average Bonchev–Trinajstić information content (AvgIpc) is 2.75. The SMILES string of the molecule is O=C(O)C(=Cc1cc2ccccc2cc1C(=O)O)c1cc2ccccc2cc1C(=O)O. The number of hydrogen-bond acceptors (Lipinski definition) is 3. The van der Waals surface area contributed by atoms with E-state index in [0.717, 1.165) is 5.39 Å². The van der Waals surface area contributed by atoms with Gasteiger partial charge >= 0.3 is 17.9 Å². The molecule has 0 bridgehead atoms. The second-order valence-electron chi connectivity index (χ2n) is 7.01. The molecule has 0 saturated heterocycles. The fourth-order valence-corrected chi connectivity index (χ4v) is 3.61. The quantitative estimate of drug-likeness (QED) is 0.314. The first kappa shape index (κ1) is 19.8. The summed E-state index contributed by atoms with van der Waals surface area (Å²) in [6.45, 7) is 0. The first-order valence-corrected chi connectivity index (χ1v) is 9.32. The third-order valence-electron chi connectivity index (χ3n) is 5.08. The molecule has 0 aromatic heterocycles. The van der Waals surface area contributed by atoms with Crippen LogP contribution in [0, 0.1) is 0 Å². The molecule has 31 heavy (non-hydrogen) atoms. The minimum atomic E-state index is -1.36. The van der Waals surface area contributed by atoms with Gasteiger partial charge in [0.2, 0.25) is 0 Å². The van der Waals surface area contributed by atoms with Crippen LogP contribution in [0.25, 0.3) is 33.2 Å². The van der Waals surface area contributed by atoms with Gasteiger partial charge in [-0.3, -0.25) is 0 Å². The third kappa shape index (κ3) is 3.74. The van der Waals surface area contributed by atoms with Crippen molar-refractivity contribution in [2.75, 3.05) is 0 Å². The van der Waals surface area contributed by atoms with Crippen LogP contribution >= 0.6 is 0 Å². The molecule has 0 aliphatic carbocycles. The second-order valence-corrected chi connectivity index (χ2v) is 7.01. The monoisotopic (exact) mass is 412 g/mol. The Kier molecular flexibility index (Phi) is 4.97. The summed E-state index contributed by atoms with van der Waals surface area (Å²) >= 11 is 0. The Balaban J connectivity index is 2.02. The highest BCUT2D eigenvalue weighted by molar-refractivity contribution is 6.24. The molecular formula is C25H16O6. The third-order valence-corrected chi connectivity index (χ3v) is 5.08. The molecule has 6 heteroatoms. The van der Waals surface area contributed by atoms with Gasteiger partial charge in [0, 0.05) is 5.56 Å². The fourth-order valence-electron chi connectivity index (χ4n) is 3.61. The molecule has 4 rings (SSSR count). The summed E-state index contributed by atoms with van der Waals surface area (Å²) in [6.07, 6.45) is 1.22. The van der Waals surface area contributed by atoms with E-state index in [4.69, 9.17) is 0 Å². The first-order chi connectivity index (χ1) is 14.8. The van der Waals surface area contributed by atoms with Crippen LogP contribution in [-0.4, -0.2) is 33.2 Å². The van der Waals surface area contributed by atoms with Crippen molar-refractivity contribution in [3.8, 4) is 0 Å². The lowest BCUT2D eigenvalue weighted by Crippen LogP contribution is -2.08. The molecule has 0 spiro atoms. The number of aromatic carboxylic acids is 2. The van der Waals surface area contributed by atoms with Gasteiger partial charge in [0.25, 0.3) is 0 Å². The minimum Gasteiger partial charge on any atom is -0.478 e. The number of carboxylic acids is 3. The Bertz CT molecular complexity index is 1410. The number of fused-ring (bicyclic) bond motifs is 2. The van der Waals surface area contributed by atoms with E-state index >= 15 is 0 Å². The molecule has 0 amide bonds. The lowest BCUT2D eigenvalue weighted by Gasteiger charge is -2.11. The van der Waals surface area contributed by atoms with E-state index in [9.17, 15) is 29.7 Å². The van der Waals surface area contributed by atoms with Gasteiger partial charge in [-0.15, -0.1) is 0 Å². The topological polar surface area (TPSA) is 112 Å². The van der Waals surface area contributed by atoms with E-state index < -0.39 is 17.9 Å². The van der Waals surface area contributed by atoms with Gasteiger partial charge in [-0.05, 0) is 57.4 Å². The molecule has 6 nitrogen and oxygen atoms in total. The van der Waals surface area contributed by atoms with Gasteiger partial charge in [0.1, 0.15) is 0 Å². The van der Waals surface area contributed by atoms with E-state index in [1.54, 1.807) is 54.6 Å². The van der Waals surface area contributed by atoms with Gasteiger partial charge in [-0.1, -0.05) is 48.5 Å². The number of hydrogen-bond donors (Lipinski definition) is 3. The van der Waals surface area contributed by atoms with E-state index in [1.807, 2.05) is 0 Å². The molecule has 4 aromatic carbocycles. The van der Waals surface area contributed by atoms with Crippen LogP contribution in [0.4, 0.5) is 0 Å². The van der Waals surface area contributed by atoms with Gasteiger partial charge in [0.05, 0.1) is 16.7 Å². The molecule has 0 atom stereocenters. The van der Waals surface area contributed by atoms with Crippen molar-refractivity contribution in [3.63, 3.8) is 0 Å². The van der Waals surface area contributed by atoms with Gasteiger partial charge in [0.15, 0.2) is 0 Å². The maximum absolute atomic E-state index is 12.2. The number of aliphatic carboxylic acids is 1. The highest BCUT2D eigenvalue weighted by Crippen LogP contribution is 2.30. The molecule has 0 saturated carbocycles. The molecule has 0 aliphatic heterocycles. The molecule has 4 aromatic rings. The zero-order chi connectivity index (χ0) is 22.1. The second kappa shape index (κ2) is 7.76. The van der Waals surface area contributed by atoms with Crippen molar-refractivity contribution in [1.82, 2.24) is 0 Å². The molecule has 0 unspecified atom stereocenters. The summed E-state index contributed by atoms with van der Waals surface area (Å²) in [5.41, 5.74) is -0.377. The van der Waals surface area contributed by atoms with Gasteiger partial charge < -0.3 is 15.3 Å². The zero-order valence-electron chi connectivity index (χ0n) is 16.1. The van der Waals surface area contributed by atoms with Crippen LogP contribution in [0.5, 0.6) is 0 Å². The Morgan fingerprint density at radius 3 is 1.45 bits per heavy atom. The van der Waals surface area contributed by atoms with Crippen molar-refractivity contribution >= 4 is 51.1 Å².